The fourth-order valence-electron chi connectivity index (χ4n) is 3.88. The van der Waals surface area contributed by atoms with E-state index < -0.39 is 0 Å². The number of rotatable bonds is 6. The SMILES string of the molecule is CCc1noc(C)c1CN1CCCC(CNC(=O)C2CCCN2)C1. The molecule has 2 N–H and O–H groups in total. The molecule has 2 aliphatic heterocycles. The van der Waals surface area contributed by atoms with Gasteiger partial charge < -0.3 is 15.2 Å². The number of nitrogens with zero attached hydrogens (tertiary/aromatic N) is 2. The molecule has 2 atom stereocenters. The minimum Gasteiger partial charge on any atom is -0.361 e. The van der Waals surface area contributed by atoms with Gasteiger partial charge in [0.1, 0.15) is 5.76 Å². The molecule has 0 spiro atoms. The molecule has 2 unspecified atom stereocenters. The van der Waals surface area contributed by atoms with Crippen LogP contribution in [0.4, 0.5) is 0 Å². The summed E-state index contributed by atoms with van der Waals surface area (Å²) in [7, 11) is 0. The van der Waals surface area contributed by atoms with E-state index >= 15 is 0 Å². The molecule has 2 fully saturated rings. The monoisotopic (exact) mass is 334 g/mol. The third-order valence-electron chi connectivity index (χ3n) is 5.33. The molecule has 0 radical (unpaired) electrons. The second-order valence-electron chi connectivity index (χ2n) is 7.16. The Morgan fingerprint density at radius 2 is 2.29 bits per heavy atom. The number of piperidine rings is 1. The maximum atomic E-state index is 12.1. The predicted molar refractivity (Wildman–Crippen MR) is 92.7 cm³/mol. The number of likely N-dealkylation sites (tertiary alicyclic amines) is 1. The number of carbonyl (C=O) groups is 1. The molecule has 2 saturated heterocycles. The van der Waals surface area contributed by atoms with Crippen LogP contribution in [-0.2, 0) is 17.8 Å². The van der Waals surface area contributed by atoms with Crippen molar-refractivity contribution in [1.29, 1.82) is 0 Å². The third-order valence-corrected chi connectivity index (χ3v) is 5.33. The van der Waals surface area contributed by atoms with E-state index in [-0.39, 0.29) is 11.9 Å². The van der Waals surface area contributed by atoms with Crippen molar-refractivity contribution in [3.63, 3.8) is 0 Å². The van der Waals surface area contributed by atoms with E-state index in [0.29, 0.717) is 5.92 Å². The lowest BCUT2D eigenvalue weighted by atomic mass is 9.97. The number of hydrogen-bond donors (Lipinski definition) is 2. The highest BCUT2D eigenvalue weighted by molar-refractivity contribution is 5.81. The highest BCUT2D eigenvalue weighted by Gasteiger charge is 2.25. The Kier molecular flexibility index (Phi) is 5.89. The van der Waals surface area contributed by atoms with Gasteiger partial charge in [-0.25, -0.2) is 0 Å². The van der Waals surface area contributed by atoms with Crippen LogP contribution in [0.15, 0.2) is 4.52 Å². The lowest BCUT2D eigenvalue weighted by molar-refractivity contribution is -0.123. The first-order chi connectivity index (χ1) is 11.7. The average molecular weight is 334 g/mol. The van der Waals surface area contributed by atoms with Crippen LogP contribution < -0.4 is 10.6 Å². The highest BCUT2D eigenvalue weighted by atomic mass is 16.5. The van der Waals surface area contributed by atoms with Gasteiger partial charge in [0.25, 0.3) is 0 Å². The molecule has 134 valence electrons. The van der Waals surface area contributed by atoms with E-state index in [4.69, 9.17) is 4.52 Å². The lowest BCUT2D eigenvalue weighted by Gasteiger charge is -2.33. The Hall–Kier alpha value is -1.40. The zero-order valence-corrected chi connectivity index (χ0v) is 14.9. The zero-order valence-electron chi connectivity index (χ0n) is 14.9. The Balaban J connectivity index is 1.49. The van der Waals surface area contributed by atoms with Gasteiger partial charge in [0, 0.05) is 25.2 Å². The molecule has 2 aliphatic rings. The number of aryl methyl sites for hydroxylation is 2. The topological polar surface area (TPSA) is 70.4 Å². The first-order valence-corrected chi connectivity index (χ1v) is 9.34. The fraction of sp³-hybridized carbons (Fsp3) is 0.778. The smallest absolute Gasteiger partial charge is 0.237 e. The summed E-state index contributed by atoms with van der Waals surface area (Å²) < 4.78 is 5.35. The van der Waals surface area contributed by atoms with E-state index in [9.17, 15) is 4.79 Å². The zero-order chi connectivity index (χ0) is 16.9. The summed E-state index contributed by atoms with van der Waals surface area (Å²) >= 11 is 0. The normalized spacial score (nSPS) is 25.1. The van der Waals surface area contributed by atoms with Crippen molar-refractivity contribution in [3.8, 4) is 0 Å². The number of amides is 1. The Bertz CT molecular complexity index is 551. The lowest BCUT2D eigenvalue weighted by Crippen LogP contribution is -2.45. The third kappa shape index (κ3) is 4.16. The van der Waals surface area contributed by atoms with Gasteiger partial charge >= 0.3 is 0 Å². The quantitative estimate of drug-likeness (QED) is 0.827. The minimum absolute atomic E-state index is 0.0245. The molecule has 0 aliphatic carbocycles. The molecular formula is C18H30N4O2. The first kappa shape index (κ1) is 17.4. The van der Waals surface area contributed by atoms with Crippen LogP contribution in [0.3, 0.4) is 0 Å². The summed E-state index contributed by atoms with van der Waals surface area (Å²) in [5.74, 6) is 1.65. The van der Waals surface area contributed by atoms with Gasteiger partial charge in [-0.05, 0) is 58.0 Å². The van der Waals surface area contributed by atoms with E-state index in [1.165, 1.54) is 18.4 Å². The van der Waals surface area contributed by atoms with Crippen molar-refractivity contribution in [2.75, 3.05) is 26.2 Å². The van der Waals surface area contributed by atoms with E-state index in [1.54, 1.807) is 0 Å². The van der Waals surface area contributed by atoms with E-state index in [2.05, 4.69) is 27.6 Å². The molecule has 6 nitrogen and oxygen atoms in total. The van der Waals surface area contributed by atoms with Crippen LogP contribution in [0.5, 0.6) is 0 Å². The second-order valence-corrected chi connectivity index (χ2v) is 7.16. The van der Waals surface area contributed by atoms with Crippen molar-refractivity contribution in [1.82, 2.24) is 20.7 Å². The molecule has 3 rings (SSSR count). The van der Waals surface area contributed by atoms with Crippen LogP contribution >= 0.6 is 0 Å². The van der Waals surface area contributed by atoms with Crippen molar-refractivity contribution >= 4 is 5.91 Å². The van der Waals surface area contributed by atoms with E-state index in [0.717, 1.165) is 63.4 Å². The maximum Gasteiger partial charge on any atom is 0.237 e. The molecular weight excluding hydrogens is 304 g/mol. The first-order valence-electron chi connectivity index (χ1n) is 9.34. The summed E-state index contributed by atoms with van der Waals surface area (Å²) in [6.07, 6.45) is 5.36. The largest absolute Gasteiger partial charge is 0.361 e. The van der Waals surface area contributed by atoms with Crippen molar-refractivity contribution in [3.05, 3.63) is 17.0 Å². The molecule has 0 bridgehead atoms. The fourth-order valence-corrected chi connectivity index (χ4v) is 3.88. The summed E-state index contributed by atoms with van der Waals surface area (Å²) in [4.78, 5) is 14.6. The number of hydrogen-bond acceptors (Lipinski definition) is 5. The number of aromatic nitrogens is 1. The molecule has 1 amide bonds. The molecule has 1 aromatic rings. The van der Waals surface area contributed by atoms with Gasteiger partial charge in [0.15, 0.2) is 0 Å². The molecule has 1 aromatic heterocycles. The van der Waals surface area contributed by atoms with Crippen molar-refractivity contribution in [2.24, 2.45) is 5.92 Å². The van der Waals surface area contributed by atoms with Crippen LogP contribution in [0.25, 0.3) is 0 Å². The number of carbonyl (C=O) groups excluding carboxylic acids is 1. The highest BCUT2D eigenvalue weighted by Crippen LogP contribution is 2.22. The molecule has 24 heavy (non-hydrogen) atoms. The standard InChI is InChI=1S/C18H30N4O2/c1-3-16-15(13(2)24-21-16)12-22-9-5-6-14(11-22)10-20-18(23)17-7-4-8-19-17/h14,17,19H,3-12H2,1-2H3,(H,20,23). The Morgan fingerprint density at radius 1 is 1.42 bits per heavy atom. The van der Waals surface area contributed by atoms with Crippen LogP contribution in [0.1, 0.15) is 49.6 Å². The van der Waals surface area contributed by atoms with Crippen molar-refractivity contribution in [2.45, 2.75) is 58.5 Å². The predicted octanol–water partition coefficient (Wildman–Crippen LogP) is 1.63. The summed E-state index contributed by atoms with van der Waals surface area (Å²) in [6.45, 7) is 8.93. The van der Waals surface area contributed by atoms with Crippen LogP contribution in [0.2, 0.25) is 0 Å². The van der Waals surface area contributed by atoms with E-state index in [1.807, 2.05) is 6.92 Å². The Labute approximate surface area is 144 Å². The summed E-state index contributed by atoms with van der Waals surface area (Å²) in [6, 6.07) is 0.0245. The summed E-state index contributed by atoms with van der Waals surface area (Å²) in [5, 5.41) is 10.6. The second kappa shape index (κ2) is 8.12. The van der Waals surface area contributed by atoms with Gasteiger partial charge in [0.05, 0.1) is 11.7 Å². The Morgan fingerprint density at radius 3 is 3.04 bits per heavy atom. The van der Waals surface area contributed by atoms with Gasteiger partial charge in [-0.3, -0.25) is 9.69 Å². The van der Waals surface area contributed by atoms with Gasteiger partial charge in [-0.15, -0.1) is 0 Å². The maximum absolute atomic E-state index is 12.1. The molecule has 6 heteroatoms. The van der Waals surface area contributed by atoms with Crippen LogP contribution in [0, 0.1) is 12.8 Å². The number of nitrogens with one attached hydrogen (secondary N) is 2. The molecule has 0 saturated carbocycles. The van der Waals surface area contributed by atoms with Gasteiger partial charge in [-0.2, -0.15) is 0 Å². The van der Waals surface area contributed by atoms with Gasteiger partial charge in [0.2, 0.25) is 5.91 Å². The molecule has 3 heterocycles. The molecule has 0 aromatic carbocycles. The average Bonchev–Trinajstić information content (AvgIpc) is 3.24. The van der Waals surface area contributed by atoms with Gasteiger partial charge in [-0.1, -0.05) is 12.1 Å². The minimum atomic E-state index is 0.0245. The summed E-state index contributed by atoms with van der Waals surface area (Å²) in [5.41, 5.74) is 2.33. The van der Waals surface area contributed by atoms with Crippen molar-refractivity contribution < 1.29 is 9.32 Å². The van der Waals surface area contributed by atoms with Crippen LogP contribution in [-0.4, -0.2) is 48.2 Å².